The van der Waals surface area contributed by atoms with E-state index in [0.717, 1.165) is 15.7 Å². The molecule has 0 spiro atoms. The van der Waals surface area contributed by atoms with Crippen molar-refractivity contribution in [3.05, 3.63) is 82.8 Å². The van der Waals surface area contributed by atoms with Gasteiger partial charge in [0.25, 0.3) is 5.91 Å². The van der Waals surface area contributed by atoms with Crippen molar-refractivity contribution in [3.8, 4) is 11.5 Å². The molecule has 0 unspecified atom stereocenters. The Hall–Kier alpha value is -3.36. The fraction of sp³-hybridized carbons (Fsp3) is 0.231. The molecular weight excluding hydrogens is 500 g/mol. The van der Waals surface area contributed by atoms with Gasteiger partial charge >= 0.3 is 0 Å². The molecule has 0 aliphatic carbocycles. The van der Waals surface area contributed by atoms with Gasteiger partial charge < -0.3 is 9.47 Å². The van der Waals surface area contributed by atoms with E-state index in [1.54, 1.807) is 30.4 Å². The number of methoxy groups -OCH3 is 1. The lowest BCUT2D eigenvalue weighted by Gasteiger charge is -2.29. The summed E-state index contributed by atoms with van der Waals surface area (Å²) >= 11 is 3.54. The first kappa shape index (κ1) is 22.4. The molecule has 0 bridgehead atoms. The molecule has 34 heavy (non-hydrogen) atoms. The Bertz CT molecular complexity index is 1230. The van der Waals surface area contributed by atoms with Gasteiger partial charge in [0.05, 0.1) is 35.6 Å². The SMILES string of the molecule is CCOc1ccccc1N1C(=O)[C@H]2[C@@H](c3ccc(OC)c(Br)c3)N(c3ccccc3)O[C@H]2C1=O. The standard InChI is InChI=1S/C26H23BrN2O5/c1-3-33-21-12-8-7-11-19(21)28-25(30)22-23(16-13-14-20(32-2)18(27)15-16)29(34-24(22)26(28)31)17-9-5-4-6-10-17/h4-15,22-24H,3H2,1-2H3/t22-,23+,24+/m0/s1. The summed E-state index contributed by atoms with van der Waals surface area (Å²) < 4.78 is 11.8. The summed E-state index contributed by atoms with van der Waals surface area (Å²) in [6, 6.07) is 21.6. The van der Waals surface area contributed by atoms with Crippen molar-refractivity contribution < 1.29 is 23.9 Å². The van der Waals surface area contributed by atoms with E-state index in [4.69, 9.17) is 14.3 Å². The Morgan fingerprint density at radius 3 is 2.38 bits per heavy atom. The van der Waals surface area contributed by atoms with Crippen LogP contribution in [-0.4, -0.2) is 31.6 Å². The third kappa shape index (κ3) is 3.63. The predicted molar refractivity (Wildman–Crippen MR) is 131 cm³/mol. The zero-order valence-electron chi connectivity index (χ0n) is 18.7. The van der Waals surface area contributed by atoms with Gasteiger partial charge in [-0.15, -0.1) is 0 Å². The number of carbonyl (C=O) groups is 2. The molecule has 5 rings (SSSR count). The van der Waals surface area contributed by atoms with Gasteiger partial charge in [0.2, 0.25) is 5.91 Å². The number of imide groups is 1. The van der Waals surface area contributed by atoms with Gasteiger partial charge in [-0.2, -0.15) is 0 Å². The van der Waals surface area contributed by atoms with Crippen molar-refractivity contribution in [3.63, 3.8) is 0 Å². The molecule has 3 atom stereocenters. The Morgan fingerprint density at radius 2 is 1.68 bits per heavy atom. The summed E-state index contributed by atoms with van der Waals surface area (Å²) in [5.74, 6) is -0.305. The fourth-order valence-corrected chi connectivity index (χ4v) is 5.13. The lowest BCUT2D eigenvalue weighted by molar-refractivity contribution is -0.126. The highest BCUT2D eigenvalue weighted by Gasteiger charge is 2.60. The van der Waals surface area contributed by atoms with Gasteiger partial charge in [-0.3, -0.25) is 14.4 Å². The highest BCUT2D eigenvalue weighted by molar-refractivity contribution is 9.10. The summed E-state index contributed by atoms with van der Waals surface area (Å²) in [5.41, 5.74) is 2.01. The lowest BCUT2D eigenvalue weighted by Crippen LogP contribution is -2.37. The van der Waals surface area contributed by atoms with E-state index in [-0.39, 0.29) is 5.91 Å². The summed E-state index contributed by atoms with van der Waals surface area (Å²) in [4.78, 5) is 34.8. The van der Waals surface area contributed by atoms with Crippen LogP contribution in [0.25, 0.3) is 0 Å². The predicted octanol–water partition coefficient (Wildman–Crippen LogP) is 4.91. The number of ether oxygens (including phenoxy) is 2. The van der Waals surface area contributed by atoms with Gasteiger partial charge in [-0.1, -0.05) is 36.4 Å². The highest BCUT2D eigenvalue weighted by atomic mass is 79.9. The number of benzene rings is 3. The molecule has 174 valence electrons. The van der Waals surface area contributed by atoms with Crippen molar-refractivity contribution in [1.29, 1.82) is 0 Å². The van der Waals surface area contributed by atoms with Crippen LogP contribution in [0.5, 0.6) is 11.5 Å². The van der Waals surface area contributed by atoms with E-state index in [0.29, 0.717) is 23.8 Å². The van der Waals surface area contributed by atoms with E-state index in [2.05, 4.69) is 15.9 Å². The van der Waals surface area contributed by atoms with Crippen molar-refractivity contribution in [2.24, 2.45) is 5.92 Å². The third-order valence-electron chi connectivity index (χ3n) is 6.05. The number of hydroxylamine groups is 1. The molecule has 2 heterocycles. The second-order valence-electron chi connectivity index (χ2n) is 7.96. The summed E-state index contributed by atoms with van der Waals surface area (Å²) in [7, 11) is 1.59. The molecule has 0 saturated carbocycles. The molecule has 0 aromatic heterocycles. The zero-order valence-corrected chi connectivity index (χ0v) is 20.3. The molecule has 2 aliphatic rings. The largest absolute Gasteiger partial charge is 0.496 e. The normalized spacial score (nSPS) is 21.7. The third-order valence-corrected chi connectivity index (χ3v) is 6.67. The van der Waals surface area contributed by atoms with Crippen molar-refractivity contribution in [2.75, 3.05) is 23.7 Å². The minimum atomic E-state index is -0.951. The van der Waals surface area contributed by atoms with Crippen LogP contribution in [0.4, 0.5) is 11.4 Å². The first-order valence-corrected chi connectivity index (χ1v) is 11.8. The molecule has 7 nitrogen and oxygen atoms in total. The Labute approximate surface area is 205 Å². The Kier molecular flexibility index (Phi) is 6.02. The Morgan fingerprint density at radius 1 is 0.941 bits per heavy atom. The number of rotatable bonds is 6. The molecule has 2 aliphatic heterocycles. The van der Waals surface area contributed by atoms with E-state index in [1.165, 1.54) is 4.90 Å². The lowest BCUT2D eigenvalue weighted by atomic mass is 9.90. The van der Waals surface area contributed by atoms with Crippen LogP contribution in [0.15, 0.2) is 77.3 Å². The molecule has 0 radical (unpaired) electrons. The maximum atomic E-state index is 13.8. The molecule has 2 fully saturated rings. The van der Waals surface area contributed by atoms with Crippen LogP contribution in [0.2, 0.25) is 0 Å². The highest BCUT2D eigenvalue weighted by Crippen LogP contribution is 2.49. The monoisotopic (exact) mass is 522 g/mol. The quantitative estimate of drug-likeness (QED) is 0.428. The van der Waals surface area contributed by atoms with Crippen molar-refractivity contribution in [2.45, 2.75) is 19.1 Å². The van der Waals surface area contributed by atoms with Gasteiger partial charge in [-0.05, 0) is 64.8 Å². The number of hydrogen-bond donors (Lipinski definition) is 0. The minimum absolute atomic E-state index is 0.322. The van der Waals surface area contributed by atoms with Gasteiger partial charge in [-0.25, -0.2) is 9.96 Å². The van der Waals surface area contributed by atoms with E-state index in [9.17, 15) is 9.59 Å². The number of amides is 2. The summed E-state index contributed by atoms with van der Waals surface area (Å²) in [5, 5.41) is 1.67. The van der Waals surface area contributed by atoms with Gasteiger partial charge in [0, 0.05) is 0 Å². The van der Waals surface area contributed by atoms with Crippen LogP contribution in [0.3, 0.4) is 0 Å². The number of fused-ring (bicyclic) bond motifs is 1. The van der Waals surface area contributed by atoms with E-state index < -0.39 is 24.0 Å². The average molecular weight is 523 g/mol. The number of carbonyl (C=O) groups excluding carboxylic acids is 2. The average Bonchev–Trinajstić information content (AvgIpc) is 3.36. The molecule has 0 N–H and O–H groups in total. The number of anilines is 2. The second kappa shape index (κ2) is 9.12. The smallest absolute Gasteiger partial charge is 0.266 e. The van der Waals surface area contributed by atoms with E-state index >= 15 is 0 Å². The first-order valence-electron chi connectivity index (χ1n) is 11.0. The number of halogens is 1. The number of para-hydroxylation sites is 3. The van der Waals surface area contributed by atoms with Crippen LogP contribution in [0, 0.1) is 5.92 Å². The maximum Gasteiger partial charge on any atom is 0.266 e. The van der Waals surface area contributed by atoms with Crippen LogP contribution in [-0.2, 0) is 14.4 Å². The molecule has 2 saturated heterocycles. The molecule has 8 heteroatoms. The van der Waals surface area contributed by atoms with Crippen LogP contribution < -0.4 is 19.4 Å². The number of hydrogen-bond acceptors (Lipinski definition) is 6. The zero-order chi connectivity index (χ0) is 23.8. The van der Waals surface area contributed by atoms with Gasteiger partial charge in [0.15, 0.2) is 6.10 Å². The van der Waals surface area contributed by atoms with Crippen LogP contribution >= 0.6 is 15.9 Å². The summed E-state index contributed by atoms with van der Waals surface area (Å²) in [6.45, 7) is 2.28. The molecule has 3 aromatic carbocycles. The molecule has 2 amide bonds. The summed E-state index contributed by atoms with van der Waals surface area (Å²) in [6.07, 6.45) is -0.951. The van der Waals surface area contributed by atoms with E-state index in [1.807, 2.05) is 61.5 Å². The van der Waals surface area contributed by atoms with Crippen molar-refractivity contribution >= 4 is 39.1 Å². The van der Waals surface area contributed by atoms with Gasteiger partial charge in [0.1, 0.15) is 17.4 Å². The number of nitrogens with zero attached hydrogens (tertiary/aromatic N) is 2. The topological polar surface area (TPSA) is 68.3 Å². The molecular formula is C26H23BrN2O5. The maximum absolute atomic E-state index is 13.8. The first-order chi connectivity index (χ1) is 16.5. The Balaban J connectivity index is 1.59. The fourth-order valence-electron chi connectivity index (χ4n) is 4.58. The van der Waals surface area contributed by atoms with Crippen molar-refractivity contribution in [1.82, 2.24) is 0 Å². The molecule has 3 aromatic rings. The van der Waals surface area contributed by atoms with Crippen LogP contribution in [0.1, 0.15) is 18.5 Å². The minimum Gasteiger partial charge on any atom is -0.496 e. The second-order valence-corrected chi connectivity index (χ2v) is 8.82.